The van der Waals surface area contributed by atoms with Gasteiger partial charge in [-0.2, -0.15) is 5.10 Å². The third-order valence-corrected chi connectivity index (χ3v) is 6.96. The first-order valence-electron chi connectivity index (χ1n) is 11.0. The lowest BCUT2D eigenvalue weighted by Crippen LogP contribution is -2.47. The van der Waals surface area contributed by atoms with Gasteiger partial charge in [0.2, 0.25) is 5.91 Å². The van der Waals surface area contributed by atoms with Crippen molar-refractivity contribution in [3.8, 4) is 0 Å². The topological polar surface area (TPSA) is 61.7 Å². The minimum Gasteiger partial charge on any atom is -0.341 e. The Morgan fingerprint density at radius 2 is 2.00 bits per heavy atom. The number of aromatic nitrogens is 2. The molecule has 2 aliphatic heterocycles. The van der Waals surface area contributed by atoms with E-state index in [0.717, 1.165) is 70.0 Å². The van der Waals surface area contributed by atoms with Gasteiger partial charge in [-0.15, -0.1) is 11.3 Å². The zero-order chi connectivity index (χ0) is 20.9. The van der Waals surface area contributed by atoms with Crippen LogP contribution >= 0.6 is 11.3 Å². The van der Waals surface area contributed by atoms with Crippen LogP contribution in [-0.2, 0) is 17.9 Å². The highest BCUT2D eigenvalue weighted by molar-refractivity contribution is 7.12. The molecule has 0 aliphatic carbocycles. The molecule has 1 unspecified atom stereocenters. The highest BCUT2D eigenvalue weighted by Crippen LogP contribution is 2.23. The molecule has 0 aromatic carbocycles. The van der Waals surface area contributed by atoms with Gasteiger partial charge in [-0.1, -0.05) is 6.07 Å². The van der Waals surface area contributed by atoms with Crippen molar-refractivity contribution >= 4 is 23.2 Å². The normalized spacial score (nSPS) is 20.9. The second kappa shape index (κ2) is 9.75. The van der Waals surface area contributed by atoms with Gasteiger partial charge in [-0.3, -0.25) is 19.2 Å². The Morgan fingerprint density at radius 1 is 1.13 bits per heavy atom. The first kappa shape index (κ1) is 21.1. The number of nitrogens with zero attached hydrogens (tertiary/aromatic N) is 5. The summed E-state index contributed by atoms with van der Waals surface area (Å²) in [7, 11) is 0. The van der Waals surface area contributed by atoms with Crippen molar-refractivity contribution in [2.24, 2.45) is 5.92 Å². The summed E-state index contributed by atoms with van der Waals surface area (Å²) in [6.07, 6.45) is 6.81. The number of thiophene rings is 1. The summed E-state index contributed by atoms with van der Waals surface area (Å²) in [6.45, 7) is 8.60. The smallest absolute Gasteiger partial charge is 0.263 e. The van der Waals surface area contributed by atoms with Crippen molar-refractivity contribution in [1.29, 1.82) is 0 Å². The van der Waals surface area contributed by atoms with Gasteiger partial charge in [0.1, 0.15) is 0 Å². The quantitative estimate of drug-likeness (QED) is 0.733. The molecular weight excluding hydrogens is 398 g/mol. The minimum absolute atomic E-state index is 0.0668. The Balaban J connectivity index is 1.31. The predicted molar refractivity (Wildman–Crippen MR) is 117 cm³/mol. The van der Waals surface area contributed by atoms with Crippen LogP contribution in [0.2, 0.25) is 0 Å². The zero-order valence-electron chi connectivity index (χ0n) is 17.7. The van der Waals surface area contributed by atoms with E-state index in [2.05, 4.69) is 23.1 Å². The van der Waals surface area contributed by atoms with Crippen LogP contribution in [0, 0.1) is 5.92 Å². The van der Waals surface area contributed by atoms with Crippen molar-refractivity contribution in [1.82, 2.24) is 24.5 Å². The second-order valence-corrected chi connectivity index (χ2v) is 9.17. The summed E-state index contributed by atoms with van der Waals surface area (Å²) in [5.74, 6) is 0.216. The van der Waals surface area contributed by atoms with Gasteiger partial charge in [0.25, 0.3) is 5.91 Å². The number of hydrogen-bond donors (Lipinski definition) is 0. The van der Waals surface area contributed by atoms with Gasteiger partial charge in [0.15, 0.2) is 0 Å². The number of carbonyl (C=O) groups is 2. The third-order valence-electron chi connectivity index (χ3n) is 6.11. The first-order chi connectivity index (χ1) is 14.6. The molecule has 2 aromatic heterocycles. The fourth-order valence-electron chi connectivity index (χ4n) is 4.45. The predicted octanol–water partition coefficient (Wildman–Crippen LogP) is 2.55. The van der Waals surface area contributed by atoms with Crippen LogP contribution in [0.15, 0.2) is 29.9 Å². The molecule has 0 saturated carbocycles. The number of piperidine rings is 1. The fraction of sp³-hybridized carbons (Fsp3) is 0.591. The van der Waals surface area contributed by atoms with Gasteiger partial charge >= 0.3 is 0 Å². The number of amides is 2. The molecule has 0 radical (unpaired) electrons. The summed E-state index contributed by atoms with van der Waals surface area (Å²) in [4.78, 5) is 33.0. The average molecular weight is 430 g/mol. The van der Waals surface area contributed by atoms with E-state index in [4.69, 9.17) is 0 Å². The van der Waals surface area contributed by atoms with Crippen LogP contribution in [0.3, 0.4) is 0 Å². The van der Waals surface area contributed by atoms with Gasteiger partial charge in [-0.05, 0) is 37.6 Å². The van der Waals surface area contributed by atoms with Crippen LogP contribution < -0.4 is 0 Å². The van der Waals surface area contributed by atoms with Crippen molar-refractivity contribution in [2.45, 2.75) is 39.3 Å². The minimum atomic E-state index is -0.0722. The Labute approximate surface area is 182 Å². The summed E-state index contributed by atoms with van der Waals surface area (Å²) < 4.78 is 1.95. The van der Waals surface area contributed by atoms with E-state index in [9.17, 15) is 9.59 Å². The Kier molecular flexibility index (Phi) is 6.84. The summed E-state index contributed by atoms with van der Waals surface area (Å²) >= 11 is 1.47. The standard InChI is InChI=1S/C22H31N5O2S/c1-2-27-16-18(14-23-27)15-24-8-5-10-25(12-11-24)21(28)19-6-3-9-26(17-19)22(29)20-7-4-13-30-20/h4,7,13-14,16,19H,2-3,5-6,8-12,15,17H2,1H3. The molecule has 162 valence electrons. The molecule has 1 atom stereocenters. The largest absolute Gasteiger partial charge is 0.341 e. The number of rotatable bonds is 5. The van der Waals surface area contributed by atoms with E-state index < -0.39 is 0 Å². The van der Waals surface area contributed by atoms with Crippen LogP contribution in [-0.4, -0.2) is 75.6 Å². The first-order valence-corrected chi connectivity index (χ1v) is 11.9. The van der Waals surface area contributed by atoms with Crippen LogP contribution in [0.1, 0.15) is 41.4 Å². The summed E-state index contributed by atoms with van der Waals surface area (Å²) in [6, 6.07) is 3.77. The molecule has 8 heteroatoms. The summed E-state index contributed by atoms with van der Waals surface area (Å²) in [5.41, 5.74) is 1.23. The molecule has 7 nitrogen and oxygen atoms in total. The Bertz CT molecular complexity index is 850. The fourth-order valence-corrected chi connectivity index (χ4v) is 5.14. The maximum atomic E-state index is 13.2. The molecule has 2 amide bonds. The number of carbonyl (C=O) groups excluding carboxylic acids is 2. The highest BCUT2D eigenvalue weighted by atomic mass is 32.1. The van der Waals surface area contributed by atoms with E-state index in [1.54, 1.807) is 0 Å². The molecule has 4 heterocycles. The molecule has 2 saturated heterocycles. The molecule has 2 aromatic rings. The molecule has 2 aliphatic rings. The number of likely N-dealkylation sites (tertiary alicyclic amines) is 1. The zero-order valence-corrected chi connectivity index (χ0v) is 18.5. The molecule has 4 rings (SSSR count). The number of aryl methyl sites for hydroxylation is 1. The maximum Gasteiger partial charge on any atom is 0.263 e. The second-order valence-electron chi connectivity index (χ2n) is 8.23. The number of hydrogen-bond acceptors (Lipinski definition) is 5. The van der Waals surface area contributed by atoms with E-state index in [1.165, 1.54) is 16.9 Å². The molecular formula is C22H31N5O2S. The molecule has 30 heavy (non-hydrogen) atoms. The lowest BCUT2D eigenvalue weighted by atomic mass is 9.96. The highest BCUT2D eigenvalue weighted by Gasteiger charge is 2.32. The van der Waals surface area contributed by atoms with E-state index in [0.29, 0.717) is 6.54 Å². The maximum absolute atomic E-state index is 13.2. The molecule has 0 spiro atoms. The van der Waals surface area contributed by atoms with Crippen LogP contribution in [0.5, 0.6) is 0 Å². The lowest BCUT2D eigenvalue weighted by Gasteiger charge is -2.34. The monoisotopic (exact) mass is 429 g/mol. The van der Waals surface area contributed by atoms with Gasteiger partial charge in [-0.25, -0.2) is 0 Å². The van der Waals surface area contributed by atoms with Crippen LogP contribution in [0.4, 0.5) is 0 Å². The molecule has 2 fully saturated rings. The lowest BCUT2D eigenvalue weighted by molar-refractivity contribution is -0.136. The van der Waals surface area contributed by atoms with Crippen molar-refractivity contribution in [3.63, 3.8) is 0 Å². The van der Waals surface area contributed by atoms with Crippen molar-refractivity contribution in [2.75, 3.05) is 39.3 Å². The van der Waals surface area contributed by atoms with Crippen LogP contribution in [0.25, 0.3) is 0 Å². The Morgan fingerprint density at radius 3 is 2.77 bits per heavy atom. The van der Waals surface area contributed by atoms with Crippen molar-refractivity contribution in [3.05, 3.63) is 40.3 Å². The average Bonchev–Trinajstić information content (AvgIpc) is 3.42. The SMILES string of the molecule is CCn1cc(CN2CCCN(C(=O)C3CCCN(C(=O)c4cccs4)C3)CC2)cn1. The van der Waals surface area contributed by atoms with E-state index >= 15 is 0 Å². The van der Waals surface area contributed by atoms with Gasteiger partial charge in [0, 0.05) is 64.1 Å². The molecule has 0 N–H and O–H groups in total. The van der Waals surface area contributed by atoms with E-state index in [1.807, 2.05) is 38.2 Å². The van der Waals surface area contributed by atoms with Gasteiger partial charge in [0.05, 0.1) is 17.0 Å². The Hall–Kier alpha value is -2.19. The third kappa shape index (κ3) is 4.92. The van der Waals surface area contributed by atoms with Crippen molar-refractivity contribution < 1.29 is 9.59 Å². The van der Waals surface area contributed by atoms with E-state index in [-0.39, 0.29) is 17.7 Å². The van der Waals surface area contributed by atoms with Gasteiger partial charge < -0.3 is 9.80 Å². The molecule has 0 bridgehead atoms. The summed E-state index contributed by atoms with van der Waals surface area (Å²) in [5, 5.41) is 6.29.